The average molecular weight is 390 g/mol. The SMILES string of the molecule is CC1(Oc2ccc3[nH]nc(-c4cc(N5CCC6(CC5)CNC6)ncn4)c3c2)CC1. The zero-order chi connectivity index (χ0) is 19.5. The van der Waals surface area contributed by atoms with Gasteiger partial charge in [-0.15, -0.1) is 0 Å². The second-order valence-corrected chi connectivity index (χ2v) is 9.18. The molecular weight excluding hydrogens is 364 g/mol. The van der Waals surface area contributed by atoms with Gasteiger partial charge in [-0.2, -0.15) is 5.10 Å². The van der Waals surface area contributed by atoms with Gasteiger partial charge >= 0.3 is 0 Å². The number of rotatable bonds is 4. The molecule has 3 aliphatic rings. The molecule has 0 atom stereocenters. The minimum absolute atomic E-state index is 0.00123. The van der Waals surface area contributed by atoms with Crippen molar-refractivity contribution in [2.75, 3.05) is 31.1 Å². The third-order valence-electron chi connectivity index (χ3n) is 6.90. The second-order valence-electron chi connectivity index (χ2n) is 9.18. The van der Waals surface area contributed by atoms with Crippen LogP contribution in [0.3, 0.4) is 0 Å². The van der Waals surface area contributed by atoms with Gasteiger partial charge in [-0.25, -0.2) is 9.97 Å². The van der Waals surface area contributed by atoms with Crippen molar-refractivity contribution in [3.63, 3.8) is 0 Å². The van der Waals surface area contributed by atoms with Crippen LogP contribution in [-0.4, -0.2) is 51.9 Å². The van der Waals surface area contributed by atoms with Crippen molar-refractivity contribution in [2.24, 2.45) is 5.41 Å². The van der Waals surface area contributed by atoms with E-state index in [1.807, 2.05) is 12.1 Å². The predicted molar refractivity (Wildman–Crippen MR) is 112 cm³/mol. The molecule has 3 aromatic rings. The molecule has 2 N–H and O–H groups in total. The largest absolute Gasteiger partial charge is 0.488 e. The molecule has 1 aliphatic carbocycles. The van der Waals surface area contributed by atoms with E-state index in [2.05, 4.69) is 49.4 Å². The second kappa shape index (κ2) is 6.16. The lowest BCUT2D eigenvalue weighted by molar-refractivity contribution is 0.126. The first-order chi connectivity index (χ1) is 14.1. The molecule has 4 heterocycles. The molecule has 1 spiro atoms. The number of aromatic nitrogens is 4. The summed E-state index contributed by atoms with van der Waals surface area (Å²) in [6.45, 7) is 6.59. The van der Waals surface area contributed by atoms with E-state index < -0.39 is 0 Å². The van der Waals surface area contributed by atoms with Crippen molar-refractivity contribution in [3.8, 4) is 17.1 Å². The summed E-state index contributed by atoms with van der Waals surface area (Å²) in [5, 5.41) is 12.1. The van der Waals surface area contributed by atoms with Gasteiger partial charge in [0, 0.05) is 37.6 Å². The summed E-state index contributed by atoms with van der Waals surface area (Å²) in [7, 11) is 0. The van der Waals surface area contributed by atoms with E-state index in [0.29, 0.717) is 5.41 Å². The number of ether oxygens (including phenoxy) is 1. The van der Waals surface area contributed by atoms with Crippen molar-refractivity contribution in [1.29, 1.82) is 0 Å². The lowest BCUT2D eigenvalue weighted by Crippen LogP contribution is -2.58. The summed E-state index contributed by atoms with van der Waals surface area (Å²) in [5.41, 5.74) is 3.22. The number of hydrogen-bond acceptors (Lipinski definition) is 6. The molecule has 29 heavy (non-hydrogen) atoms. The Morgan fingerprint density at radius 2 is 1.86 bits per heavy atom. The Morgan fingerprint density at radius 3 is 2.59 bits per heavy atom. The highest BCUT2D eigenvalue weighted by atomic mass is 16.5. The molecule has 3 fully saturated rings. The van der Waals surface area contributed by atoms with Crippen LogP contribution in [0.2, 0.25) is 0 Å². The zero-order valence-corrected chi connectivity index (χ0v) is 16.7. The van der Waals surface area contributed by atoms with E-state index in [4.69, 9.17) is 4.74 Å². The molecular formula is C22H26N6O. The first-order valence-electron chi connectivity index (χ1n) is 10.6. The van der Waals surface area contributed by atoms with Crippen LogP contribution in [0.1, 0.15) is 32.6 Å². The molecule has 2 aliphatic heterocycles. The van der Waals surface area contributed by atoms with Crippen molar-refractivity contribution >= 4 is 16.7 Å². The van der Waals surface area contributed by atoms with E-state index in [1.165, 1.54) is 25.9 Å². The minimum atomic E-state index is 0.00123. The third kappa shape index (κ3) is 3.04. The van der Waals surface area contributed by atoms with Gasteiger partial charge in [0.2, 0.25) is 0 Å². The van der Waals surface area contributed by atoms with Crippen LogP contribution >= 0.6 is 0 Å². The maximum absolute atomic E-state index is 6.15. The third-order valence-corrected chi connectivity index (χ3v) is 6.90. The van der Waals surface area contributed by atoms with Crippen LogP contribution in [0.15, 0.2) is 30.6 Å². The summed E-state index contributed by atoms with van der Waals surface area (Å²) in [4.78, 5) is 11.5. The molecule has 6 rings (SSSR count). The molecule has 150 valence electrons. The summed E-state index contributed by atoms with van der Waals surface area (Å²) in [5.74, 6) is 1.89. The van der Waals surface area contributed by atoms with Gasteiger partial charge in [-0.1, -0.05) is 0 Å². The number of aromatic amines is 1. The fourth-order valence-corrected chi connectivity index (χ4v) is 4.51. The highest BCUT2D eigenvalue weighted by molar-refractivity contribution is 5.93. The van der Waals surface area contributed by atoms with Gasteiger partial charge < -0.3 is 15.0 Å². The normalized spacial score (nSPS) is 21.9. The summed E-state index contributed by atoms with van der Waals surface area (Å²) >= 11 is 0. The lowest BCUT2D eigenvalue weighted by Gasteiger charge is -2.48. The van der Waals surface area contributed by atoms with Crippen molar-refractivity contribution in [1.82, 2.24) is 25.5 Å². The Labute approximate surface area is 169 Å². The maximum atomic E-state index is 6.15. The average Bonchev–Trinajstić information content (AvgIpc) is 3.29. The summed E-state index contributed by atoms with van der Waals surface area (Å²) in [6.07, 6.45) is 6.35. The van der Waals surface area contributed by atoms with E-state index in [-0.39, 0.29) is 5.60 Å². The summed E-state index contributed by atoms with van der Waals surface area (Å²) < 4.78 is 6.15. The van der Waals surface area contributed by atoms with E-state index >= 15 is 0 Å². The number of hydrogen-bond donors (Lipinski definition) is 2. The topological polar surface area (TPSA) is 79.0 Å². The Bertz CT molecular complexity index is 1060. The molecule has 0 bridgehead atoms. The molecule has 1 aromatic carbocycles. The van der Waals surface area contributed by atoms with Crippen LogP contribution in [-0.2, 0) is 0 Å². The molecule has 7 nitrogen and oxygen atoms in total. The van der Waals surface area contributed by atoms with Gasteiger partial charge in [-0.3, -0.25) is 5.10 Å². The maximum Gasteiger partial charge on any atom is 0.132 e. The van der Waals surface area contributed by atoms with Crippen LogP contribution in [0.5, 0.6) is 5.75 Å². The van der Waals surface area contributed by atoms with E-state index in [0.717, 1.165) is 59.8 Å². The lowest BCUT2D eigenvalue weighted by atomic mass is 9.73. The quantitative estimate of drug-likeness (QED) is 0.713. The van der Waals surface area contributed by atoms with Gasteiger partial charge in [0.1, 0.15) is 29.2 Å². The number of piperidine rings is 1. The van der Waals surface area contributed by atoms with Crippen LogP contribution in [0.4, 0.5) is 5.82 Å². The first-order valence-corrected chi connectivity index (χ1v) is 10.6. The van der Waals surface area contributed by atoms with Gasteiger partial charge in [0.25, 0.3) is 0 Å². The van der Waals surface area contributed by atoms with Gasteiger partial charge in [0.05, 0.1) is 11.2 Å². The fraction of sp³-hybridized carbons (Fsp3) is 0.500. The number of anilines is 1. The van der Waals surface area contributed by atoms with Crippen LogP contribution in [0.25, 0.3) is 22.3 Å². The highest BCUT2D eigenvalue weighted by Crippen LogP contribution is 2.41. The van der Waals surface area contributed by atoms with E-state index in [9.17, 15) is 0 Å². The fourth-order valence-electron chi connectivity index (χ4n) is 4.51. The molecule has 2 saturated heterocycles. The molecule has 2 aromatic heterocycles. The Hall–Kier alpha value is -2.67. The molecule has 0 amide bonds. The van der Waals surface area contributed by atoms with E-state index in [1.54, 1.807) is 6.33 Å². The molecule has 0 unspecified atom stereocenters. The Kier molecular flexibility index (Phi) is 3.66. The minimum Gasteiger partial charge on any atom is -0.488 e. The van der Waals surface area contributed by atoms with Crippen molar-refractivity contribution in [3.05, 3.63) is 30.6 Å². The zero-order valence-electron chi connectivity index (χ0n) is 16.7. The predicted octanol–water partition coefficient (Wildman–Crippen LogP) is 3.14. The molecule has 0 radical (unpaired) electrons. The number of benzene rings is 1. The smallest absolute Gasteiger partial charge is 0.132 e. The Morgan fingerprint density at radius 1 is 1.03 bits per heavy atom. The summed E-state index contributed by atoms with van der Waals surface area (Å²) in [6, 6.07) is 8.19. The van der Waals surface area contributed by atoms with Crippen molar-refractivity contribution in [2.45, 2.75) is 38.2 Å². The first kappa shape index (κ1) is 17.2. The number of nitrogens with zero attached hydrogens (tertiary/aromatic N) is 4. The van der Waals surface area contributed by atoms with Crippen molar-refractivity contribution < 1.29 is 4.74 Å². The highest BCUT2D eigenvalue weighted by Gasteiger charge is 2.40. The standard InChI is InChI=1S/C22H26N6O/c1-21(4-5-21)29-15-2-3-17-16(10-15)20(27-26-17)18-11-19(25-14-24-18)28-8-6-22(7-9-28)12-23-13-22/h2-3,10-11,14,23H,4-9,12-13H2,1H3,(H,26,27). The monoisotopic (exact) mass is 390 g/mol. The van der Waals surface area contributed by atoms with Crippen LogP contribution < -0.4 is 15.0 Å². The molecule has 7 heteroatoms. The van der Waals surface area contributed by atoms with Crippen LogP contribution in [0, 0.1) is 5.41 Å². The number of H-pyrrole nitrogens is 1. The van der Waals surface area contributed by atoms with Gasteiger partial charge in [0.15, 0.2) is 0 Å². The van der Waals surface area contributed by atoms with Gasteiger partial charge in [-0.05, 0) is 56.2 Å². The Balaban J connectivity index is 1.29. The number of nitrogens with one attached hydrogen (secondary N) is 2. The number of fused-ring (bicyclic) bond motifs is 1. The molecule has 1 saturated carbocycles.